The summed E-state index contributed by atoms with van der Waals surface area (Å²) < 4.78 is 0. The Bertz CT molecular complexity index is 6740. The zero-order valence-corrected chi connectivity index (χ0v) is 91.9. The van der Waals surface area contributed by atoms with Crippen LogP contribution in [0.1, 0.15) is 167 Å². The third-order valence-electron chi connectivity index (χ3n) is 28.5. The minimum Gasteiger partial charge on any atom is -0.507 e. The van der Waals surface area contributed by atoms with Crippen molar-refractivity contribution in [2.24, 2.45) is 0 Å². The van der Waals surface area contributed by atoms with Crippen LogP contribution in [0.2, 0.25) is 0 Å². The van der Waals surface area contributed by atoms with E-state index in [0.717, 1.165) is 121 Å². The number of phenols is 4. The molecule has 4 aliphatic rings. The van der Waals surface area contributed by atoms with E-state index in [-0.39, 0.29) is 52.4 Å². The molecule has 10 heteroatoms. The number of hydrogen-bond donors (Lipinski definition) is 4. The summed E-state index contributed by atoms with van der Waals surface area (Å²) >= 11 is 0. The second-order valence-electron chi connectivity index (χ2n) is 39.6. The number of nitrogens with zero attached hydrogens (tertiary/aromatic N) is 4. The van der Waals surface area contributed by atoms with Crippen molar-refractivity contribution >= 4 is 0 Å². The first-order valence-electron chi connectivity index (χ1n) is 50.0. The molecular formula is C137H136N4O4Zr2+2. The molecule has 0 aliphatic heterocycles. The van der Waals surface area contributed by atoms with Gasteiger partial charge in [-0.15, -0.1) is 72.8 Å². The van der Waals surface area contributed by atoms with Gasteiger partial charge in [0, 0.05) is 119 Å². The topological polar surface area (TPSA) is 93.9 Å². The van der Waals surface area contributed by atoms with Crippen LogP contribution in [0.25, 0.3) is 44.5 Å². The van der Waals surface area contributed by atoms with E-state index in [1.54, 1.807) is 0 Å². The standard InChI is InChI=1S/C48H48N2O2.C47H46N2O2.6C7H7.2Zr/c1-31-25-33(45(51)43(27-31)47(3)39-19-11-7-15-35(39)36-16-8-12-20-40(36)47)29-50(24-23-49(5)6)30-34-26-32(2)28-44(46(34)52)48(4)41-21-13-9-17-37(41)38-18-10-14-22-42(38)48;1-31-27-33(45(51)43(28-31)47(3)40-22-12-8-18-36(40)37-19-9-13-23-41(37)47)30-49(26-25-48(4)5)29-32-15-14-24-42(44(32)50)46(2)38-20-10-6-16-34(38)35-17-7-11-21-39(35)46;6*1-7-5-3-2-4-6-7;;/h7-22,25-28,51-52H,23-24,29-30H2,1-6H3;6-24,27-28,50-51H,25-26,29-30H2,1-5H3;6*2-6H,1H2;;/q;;6*-1;2*+4. The van der Waals surface area contributed by atoms with Gasteiger partial charge in [-0.05, 0) is 166 Å². The Kier molecular flexibility index (Phi) is 37.8. The maximum atomic E-state index is 12.3. The van der Waals surface area contributed by atoms with Crippen LogP contribution in [0.5, 0.6) is 23.0 Å². The number of rotatable bonds is 18. The van der Waals surface area contributed by atoms with Gasteiger partial charge in [0.05, 0.1) is 0 Å². The summed E-state index contributed by atoms with van der Waals surface area (Å²) in [5.74, 6) is 1.36. The molecule has 0 spiro atoms. The molecule has 4 N–H and O–H groups in total. The van der Waals surface area contributed by atoms with E-state index in [1.165, 1.54) is 89.0 Å². The van der Waals surface area contributed by atoms with Gasteiger partial charge >= 0.3 is 52.4 Å². The van der Waals surface area contributed by atoms with Gasteiger partial charge in [-0.25, -0.2) is 0 Å². The van der Waals surface area contributed by atoms with Crippen molar-refractivity contribution < 1.29 is 72.8 Å². The molecule has 18 aromatic carbocycles. The SMILES string of the molecule is Cc1cc(CN(CCN(C)C)Cc2cc(C)cc(C3(C)c4ccccc4-c4ccccc43)c2O)c(O)c(C2(C)c3ccccc3-c3ccccc32)c1.Cc1cc(CN(CCN(C)C)Cc2cccc(C3(C)c4ccccc4-c4ccccc43)c2O)c(O)c(C2(C)c3ccccc3-c3ccccc32)c1.[CH2-]c1ccccc1.[CH2-]c1ccccc1.[CH2-]c1ccccc1.[CH2-]c1ccccc1.[CH2-]c1ccccc1.[CH2-]c1ccccc1.[Zr+4].[Zr+4]. The number of aromatic hydroxyl groups is 4. The summed E-state index contributed by atoms with van der Waals surface area (Å²) in [7, 11) is 8.36. The average Bonchev–Trinajstić information content (AvgIpc) is 2.42. The van der Waals surface area contributed by atoms with Gasteiger partial charge in [0.1, 0.15) is 23.0 Å². The summed E-state index contributed by atoms with van der Waals surface area (Å²) in [6, 6.07) is 147. The summed E-state index contributed by atoms with van der Waals surface area (Å²) in [5, 5.41) is 49.0. The summed E-state index contributed by atoms with van der Waals surface area (Å²) in [6.45, 7) is 43.1. The number of aryl methyl sites for hydroxylation is 3. The average molecular weight is 2090 g/mol. The van der Waals surface area contributed by atoms with Crippen molar-refractivity contribution in [1.82, 2.24) is 19.6 Å². The Morgan fingerprint density at radius 3 is 0.537 bits per heavy atom. The number of hydrogen-bond acceptors (Lipinski definition) is 8. The van der Waals surface area contributed by atoms with Crippen LogP contribution in [-0.4, -0.2) is 94.4 Å². The maximum absolute atomic E-state index is 12.3. The molecule has 0 bridgehead atoms. The van der Waals surface area contributed by atoms with Crippen molar-refractivity contribution in [1.29, 1.82) is 0 Å². The Balaban J connectivity index is 0.000000173. The third-order valence-corrected chi connectivity index (χ3v) is 28.5. The fourth-order valence-electron chi connectivity index (χ4n) is 21.1. The van der Waals surface area contributed by atoms with Crippen molar-refractivity contribution in [3.63, 3.8) is 0 Å². The molecule has 0 atom stereocenters. The minimum atomic E-state index is -0.500. The Morgan fingerprint density at radius 2 is 0.354 bits per heavy atom. The minimum absolute atomic E-state index is 0. The third kappa shape index (κ3) is 25.1. The molecule has 0 fully saturated rings. The van der Waals surface area contributed by atoms with Gasteiger partial charge < -0.3 is 30.2 Å². The smallest absolute Gasteiger partial charge is 0.507 e. The van der Waals surface area contributed by atoms with Crippen LogP contribution >= 0.6 is 0 Å². The first-order valence-corrected chi connectivity index (χ1v) is 50.0. The van der Waals surface area contributed by atoms with E-state index in [0.29, 0.717) is 49.2 Å². The number of para-hydroxylation sites is 1. The first-order chi connectivity index (χ1) is 70.0. The predicted molar refractivity (Wildman–Crippen MR) is 607 cm³/mol. The quantitative estimate of drug-likeness (QED) is 0.0632. The molecule has 0 saturated carbocycles. The van der Waals surface area contributed by atoms with E-state index in [2.05, 4.69) is 380 Å². The van der Waals surface area contributed by atoms with E-state index >= 15 is 0 Å². The van der Waals surface area contributed by atoms with Crippen LogP contribution in [0, 0.1) is 62.3 Å². The molecule has 0 aromatic heterocycles. The van der Waals surface area contributed by atoms with Gasteiger partial charge in [-0.2, -0.15) is 148 Å². The molecule has 4 aliphatic carbocycles. The number of benzene rings is 18. The molecular weight excluding hydrogens is 1950 g/mol. The van der Waals surface area contributed by atoms with E-state index in [4.69, 9.17) is 0 Å². The molecule has 18 aromatic rings. The molecule has 0 unspecified atom stereocenters. The summed E-state index contributed by atoms with van der Waals surface area (Å²) in [5.41, 5.74) is 34.6. The van der Waals surface area contributed by atoms with Crippen molar-refractivity contribution in [2.75, 3.05) is 54.4 Å². The number of phenolic OH excluding ortho intramolecular Hbond substituents is 4. The molecule has 0 heterocycles. The Labute approximate surface area is 914 Å². The predicted octanol–water partition coefficient (Wildman–Crippen LogP) is 30.8. The van der Waals surface area contributed by atoms with E-state index in [9.17, 15) is 20.4 Å². The van der Waals surface area contributed by atoms with E-state index in [1.807, 2.05) is 188 Å². The summed E-state index contributed by atoms with van der Waals surface area (Å²) in [6.07, 6.45) is 0. The van der Waals surface area contributed by atoms with Crippen LogP contribution in [0.15, 0.2) is 431 Å². The van der Waals surface area contributed by atoms with Gasteiger partial charge in [0.15, 0.2) is 0 Å². The normalized spacial score (nSPS) is 12.8. The van der Waals surface area contributed by atoms with Gasteiger partial charge in [-0.1, -0.05) is 302 Å². The van der Waals surface area contributed by atoms with Crippen LogP contribution < -0.4 is 0 Å². The number of fused-ring (bicyclic) bond motifs is 12. The van der Waals surface area contributed by atoms with Gasteiger partial charge in [0.25, 0.3) is 0 Å². The van der Waals surface area contributed by atoms with Crippen molar-refractivity contribution in [3.8, 4) is 67.5 Å². The molecule has 22 rings (SSSR count). The first kappa shape index (κ1) is 110. The molecule has 0 radical (unpaired) electrons. The van der Waals surface area contributed by atoms with Gasteiger partial charge in [0.2, 0.25) is 0 Å². The fourth-order valence-corrected chi connectivity index (χ4v) is 21.1. The van der Waals surface area contributed by atoms with Gasteiger partial charge in [-0.3, -0.25) is 9.80 Å². The molecule has 8 nitrogen and oxygen atoms in total. The van der Waals surface area contributed by atoms with Crippen LogP contribution in [-0.2, 0) is 100 Å². The number of likely N-dealkylation sites (N-methyl/N-ethyl adjacent to an activating group) is 2. The van der Waals surface area contributed by atoms with Crippen LogP contribution in [0.4, 0.5) is 0 Å². The summed E-state index contributed by atoms with van der Waals surface area (Å²) in [4.78, 5) is 9.10. The Morgan fingerprint density at radius 1 is 0.190 bits per heavy atom. The molecule has 734 valence electrons. The zero-order chi connectivity index (χ0) is 103. The molecule has 147 heavy (non-hydrogen) atoms. The van der Waals surface area contributed by atoms with Crippen LogP contribution in [0.3, 0.4) is 0 Å². The van der Waals surface area contributed by atoms with Crippen molar-refractivity contribution in [3.05, 3.63) is 611 Å². The maximum Gasteiger partial charge on any atom is 4.00 e. The second kappa shape index (κ2) is 50.4. The largest absolute Gasteiger partial charge is 4.00 e. The fraction of sp³-hybridized carbons (Fsp3) is 0.168. The van der Waals surface area contributed by atoms with Crippen molar-refractivity contribution in [2.45, 2.75) is 96.3 Å². The molecule has 0 saturated heterocycles. The second-order valence-corrected chi connectivity index (χ2v) is 39.6. The monoisotopic (exact) mass is 2080 g/mol. The van der Waals surface area contributed by atoms with E-state index < -0.39 is 21.7 Å². The zero-order valence-electron chi connectivity index (χ0n) is 87.0. The Hall–Kier alpha value is -14.0. The molecule has 0 amide bonds.